The Morgan fingerprint density at radius 1 is 1.21 bits per heavy atom. The average molecular weight is 358 g/mol. The van der Waals surface area contributed by atoms with Crippen LogP contribution in [-0.4, -0.2) is 28.2 Å². The standard InChI is InChI=1S/C18H19N3OS2/c1-11-12(2)23-16-15(11)17(20-10-19-16)24-13(3)18(22)21(4)14-8-6-5-7-9-14/h5-10,13H,1-4H3. The summed E-state index contributed by atoms with van der Waals surface area (Å²) in [5, 5.41) is 1.73. The number of aryl methyl sites for hydroxylation is 2. The summed E-state index contributed by atoms with van der Waals surface area (Å²) in [7, 11) is 1.81. The normalized spacial score (nSPS) is 12.3. The zero-order valence-corrected chi connectivity index (χ0v) is 15.7. The Labute approximate surface area is 149 Å². The smallest absolute Gasteiger partial charge is 0.239 e. The van der Waals surface area contributed by atoms with E-state index in [1.165, 1.54) is 22.2 Å². The van der Waals surface area contributed by atoms with Gasteiger partial charge in [-0.2, -0.15) is 0 Å². The molecule has 2 aromatic heterocycles. The largest absolute Gasteiger partial charge is 0.315 e. The molecule has 0 N–H and O–H groups in total. The first-order valence-corrected chi connectivity index (χ1v) is 9.38. The Morgan fingerprint density at radius 2 is 1.92 bits per heavy atom. The Kier molecular flexibility index (Phi) is 4.87. The van der Waals surface area contributed by atoms with Crippen LogP contribution in [-0.2, 0) is 4.79 Å². The number of fused-ring (bicyclic) bond motifs is 1. The van der Waals surface area contributed by atoms with Gasteiger partial charge in [0.25, 0.3) is 0 Å². The van der Waals surface area contributed by atoms with Gasteiger partial charge in [0.15, 0.2) is 0 Å². The van der Waals surface area contributed by atoms with Gasteiger partial charge in [0.2, 0.25) is 5.91 Å². The number of aromatic nitrogens is 2. The molecule has 1 unspecified atom stereocenters. The predicted molar refractivity (Wildman–Crippen MR) is 102 cm³/mol. The number of nitrogens with zero attached hydrogens (tertiary/aromatic N) is 3. The average Bonchev–Trinajstić information content (AvgIpc) is 2.89. The van der Waals surface area contributed by atoms with E-state index in [1.807, 2.05) is 44.3 Å². The molecule has 0 saturated carbocycles. The topological polar surface area (TPSA) is 46.1 Å². The van der Waals surface area contributed by atoms with E-state index in [4.69, 9.17) is 0 Å². The first-order chi connectivity index (χ1) is 11.5. The van der Waals surface area contributed by atoms with Gasteiger partial charge in [0, 0.05) is 23.0 Å². The fourth-order valence-corrected chi connectivity index (χ4v) is 4.64. The van der Waals surface area contributed by atoms with Crippen molar-refractivity contribution in [3.63, 3.8) is 0 Å². The molecule has 0 radical (unpaired) electrons. The molecule has 0 spiro atoms. The fraction of sp³-hybridized carbons (Fsp3) is 0.278. The minimum atomic E-state index is -0.229. The van der Waals surface area contributed by atoms with Crippen molar-refractivity contribution in [1.29, 1.82) is 0 Å². The number of carbonyl (C=O) groups excluding carboxylic acids is 1. The maximum Gasteiger partial charge on any atom is 0.239 e. The number of thioether (sulfide) groups is 1. The summed E-state index contributed by atoms with van der Waals surface area (Å²) in [6.45, 7) is 6.10. The highest BCUT2D eigenvalue weighted by molar-refractivity contribution is 8.00. The summed E-state index contributed by atoms with van der Waals surface area (Å²) < 4.78 is 0. The zero-order valence-electron chi connectivity index (χ0n) is 14.1. The van der Waals surface area contributed by atoms with E-state index in [1.54, 1.807) is 22.6 Å². The molecule has 0 aliphatic carbocycles. The number of hydrogen-bond donors (Lipinski definition) is 0. The van der Waals surface area contributed by atoms with Gasteiger partial charge in [-0.1, -0.05) is 30.0 Å². The molecule has 0 fully saturated rings. The second-order valence-electron chi connectivity index (χ2n) is 5.64. The van der Waals surface area contributed by atoms with Crippen molar-refractivity contribution < 1.29 is 4.79 Å². The van der Waals surface area contributed by atoms with E-state index < -0.39 is 0 Å². The molecular weight excluding hydrogens is 338 g/mol. The fourth-order valence-electron chi connectivity index (χ4n) is 2.51. The molecule has 1 aromatic carbocycles. The first kappa shape index (κ1) is 16.9. The van der Waals surface area contributed by atoms with Gasteiger partial charge in [-0.3, -0.25) is 4.79 Å². The Hall–Kier alpha value is -1.92. The highest BCUT2D eigenvalue weighted by Gasteiger charge is 2.22. The highest BCUT2D eigenvalue weighted by Crippen LogP contribution is 2.36. The monoisotopic (exact) mass is 357 g/mol. The molecule has 0 saturated heterocycles. The van der Waals surface area contributed by atoms with Crippen molar-refractivity contribution in [2.75, 3.05) is 11.9 Å². The first-order valence-electron chi connectivity index (χ1n) is 7.69. The Morgan fingerprint density at radius 3 is 2.62 bits per heavy atom. The van der Waals surface area contributed by atoms with Crippen LogP contribution in [0.15, 0.2) is 41.7 Å². The third-order valence-corrected chi connectivity index (χ3v) is 6.24. The minimum Gasteiger partial charge on any atom is -0.315 e. The molecule has 1 amide bonds. The number of hydrogen-bond acceptors (Lipinski definition) is 5. The second-order valence-corrected chi connectivity index (χ2v) is 8.17. The zero-order chi connectivity index (χ0) is 17.3. The SMILES string of the molecule is Cc1sc2ncnc(SC(C)C(=O)N(C)c3ccccc3)c2c1C. The van der Waals surface area contributed by atoms with Crippen molar-refractivity contribution in [1.82, 2.24) is 9.97 Å². The van der Waals surface area contributed by atoms with Crippen LogP contribution >= 0.6 is 23.1 Å². The molecule has 3 aromatic rings. The van der Waals surface area contributed by atoms with E-state index in [-0.39, 0.29) is 11.2 Å². The molecule has 2 heterocycles. The summed E-state index contributed by atoms with van der Waals surface area (Å²) in [4.78, 5) is 25.4. The number of para-hydroxylation sites is 1. The van der Waals surface area contributed by atoms with Crippen LogP contribution in [0.5, 0.6) is 0 Å². The van der Waals surface area contributed by atoms with Crippen LogP contribution < -0.4 is 4.90 Å². The van der Waals surface area contributed by atoms with Crippen LogP contribution in [0.25, 0.3) is 10.2 Å². The molecule has 4 nitrogen and oxygen atoms in total. The van der Waals surface area contributed by atoms with Gasteiger partial charge < -0.3 is 4.90 Å². The molecule has 3 rings (SSSR count). The summed E-state index contributed by atoms with van der Waals surface area (Å²) in [6.07, 6.45) is 1.58. The van der Waals surface area contributed by atoms with E-state index >= 15 is 0 Å². The number of carbonyl (C=O) groups is 1. The molecule has 0 bridgehead atoms. The van der Waals surface area contributed by atoms with Crippen LogP contribution in [0, 0.1) is 13.8 Å². The van der Waals surface area contributed by atoms with E-state index in [9.17, 15) is 4.79 Å². The molecule has 6 heteroatoms. The molecule has 0 aliphatic rings. The molecule has 1 atom stereocenters. The quantitative estimate of drug-likeness (QED) is 0.511. The predicted octanol–water partition coefficient (Wildman–Crippen LogP) is 4.45. The van der Waals surface area contributed by atoms with Crippen molar-refractivity contribution in [3.8, 4) is 0 Å². The second kappa shape index (κ2) is 6.91. The number of rotatable bonds is 4. The van der Waals surface area contributed by atoms with Gasteiger partial charge >= 0.3 is 0 Å². The molecule has 0 aliphatic heterocycles. The van der Waals surface area contributed by atoms with E-state index in [0.29, 0.717) is 0 Å². The number of thiophene rings is 1. The van der Waals surface area contributed by atoms with Crippen LogP contribution in [0.2, 0.25) is 0 Å². The summed E-state index contributed by atoms with van der Waals surface area (Å²) in [5.41, 5.74) is 2.10. The van der Waals surface area contributed by atoms with E-state index in [2.05, 4.69) is 23.8 Å². The summed E-state index contributed by atoms with van der Waals surface area (Å²) in [6, 6.07) is 9.68. The van der Waals surface area contributed by atoms with Gasteiger partial charge in [-0.25, -0.2) is 9.97 Å². The lowest BCUT2D eigenvalue weighted by molar-refractivity contribution is -0.117. The minimum absolute atomic E-state index is 0.0579. The molecular formula is C18H19N3OS2. The summed E-state index contributed by atoms with van der Waals surface area (Å²) >= 11 is 3.17. The maximum atomic E-state index is 12.7. The van der Waals surface area contributed by atoms with Crippen LogP contribution in [0.4, 0.5) is 5.69 Å². The maximum absolute atomic E-state index is 12.7. The van der Waals surface area contributed by atoms with Crippen LogP contribution in [0.1, 0.15) is 17.4 Å². The number of amides is 1. The Balaban J connectivity index is 1.85. The van der Waals surface area contributed by atoms with Gasteiger partial charge in [-0.05, 0) is 38.5 Å². The van der Waals surface area contributed by atoms with Crippen molar-refractivity contribution >= 4 is 44.9 Å². The third kappa shape index (κ3) is 3.16. The molecule has 24 heavy (non-hydrogen) atoms. The van der Waals surface area contributed by atoms with Gasteiger partial charge in [0.1, 0.15) is 16.2 Å². The van der Waals surface area contributed by atoms with Crippen molar-refractivity contribution in [3.05, 3.63) is 47.1 Å². The van der Waals surface area contributed by atoms with Gasteiger partial charge in [0.05, 0.1) is 5.25 Å². The Bertz CT molecular complexity index is 877. The number of anilines is 1. The van der Waals surface area contributed by atoms with Gasteiger partial charge in [-0.15, -0.1) is 11.3 Å². The lowest BCUT2D eigenvalue weighted by Crippen LogP contribution is -2.33. The molecule has 124 valence electrons. The van der Waals surface area contributed by atoms with E-state index in [0.717, 1.165) is 20.9 Å². The highest BCUT2D eigenvalue weighted by atomic mass is 32.2. The number of benzene rings is 1. The van der Waals surface area contributed by atoms with Crippen LogP contribution in [0.3, 0.4) is 0 Å². The third-order valence-electron chi connectivity index (χ3n) is 4.04. The lowest BCUT2D eigenvalue weighted by Gasteiger charge is -2.21. The summed E-state index contributed by atoms with van der Waals surface area (Å²) in [5.74, 6) is 0.0579. The van der Waals surface area contributed by atoms with Crippen molar-refractivity contribution in [2.24, 2.45) is 0 Å². The lowest BCUT2D eigenvalue weighted by atomic mass is 10.2. The van der Waals surface area contributed by atoms with Crippen molar-refractivity contribution in [2.45, 2.75) is 31.0 Å².